The van der Waals surface area contributed by atoms with Gasteiger partial charge in [-0.3, -0.25) is 4.79 Å². The number of carbonyl (C=O) groups excluding carboxylic acids is 1. The maximum absolute atomic E-state index is 12.0. The number of ketones is 1. The van der Waals surface area contributed by atoms with Crippen molar-refractivity contribution in [3.05, 3.63) is 0 Å². The molecule has 4 rings (SSSR count). The van der Waals surface area contributed by atoms with Gasteiger partial charge < -0.3 is 5.11 Å². The summed E-state index contributed by atoms with van der Waals surface area (Å²) in [5.74, 6) is 1.33. The monoisotopic (exact) mass is 165 g/mol. The first-order chi connectivity index (χ1) is 5.66. The van der Waals surface area contributed by atoms with Crippen LogP contribution in [-0.2, 0) is 4.79 Å². The topological polar surface area (TPSA) is 40.1 Å². The van der Waals surface area contributed by atoms with Gasteiger partial charge in [0, 0.05) is 11.8 Å². The van der Waals surface area contributed by atoms with E-state index >= 15 is 0 Å². The SMILES string of the molecule is O=C1[C@@H]2CC3C[C@H]1CC([O-])(C3)C2. The molecule has 0 aromatic rings. The molecule has 0 N–H and O–H groups in total. The molecule has 2 nitrogen and oxygen atoms in total. The Balaban J connectivity index is 2.00. The van der Waals surface area contributed by atoms with Gasteiger partial charge in [-0.15, -0.1) is 5.60 Å². The number of hydrogen-bond acceptors (Lipinski definition) is 2. The van der Waals surface area contributed by atoms with Crippen molar-refractivity contribution in [2.24, 2.45) is 17.8 Å². The number of carbonyl (C=O) groups is 1. The Bertz CT molecular complexity index is 228. The van der Waals surface area contributed by atoms with Crippen LogP contribution in [0.15, 0.2) is 0 Å². The molecule has 0 radical (unpaired) electrons. The van der Waals surface area contributed by atoms with Gasteiger partial charge in [0.1, 0.15) is 5.78 Å². The van der Waals surface area contributed by atoms with Gasteiger partial charge in [-0.25, -0.2) is 0 Å². The smallest absolute Gasteiger partial charge is 0.139 e. The number of rotatable bonds is 0. The molecule has 0 aliphatic heterocycles. The van der Waals surface area contributed by atoms with Crippen LogP contribution in [0.4, 0.5) is 0 Å². The average Bonchev–Trinajstić information content (AvgIpc) is 1.96. The van der Waals surface area contributed by atoms with Crippen LogP contribution in [-0.4, -0.2) is 11.4 Å². The molecular formula is C10H13O2-. The van der Waals surface area contributed by atoms with E-state index in [2.05, 4.69) is 0 Å². The fourth-order valence-corrected chi connectivity index (χ4v) is 3.68. The summed E-state index contributed by atoms with van der Waals surface area (Å²) in [6.07, 6.45) is 4.21. The zero-order chi connectivity index (χ0) is 8.34. The summed E-state index contributed by atoms with van der Waals surface area (Å²) >= 11 is 0. The van der Waals surface area contributed by atoms with Crippen molar-refractivity contribution >= 4 is 5.78 Å². The van der Waals surface area contributed by atoms with E-state index in [1.54, 1.807) is 0 Å². The lowest BCUT2D eigenvalue weighted by atomic mass is 9.54. The lowest BCUT2D eigenvalue weighted by molar-refractivity contribution is -0.500. The highest BCUT2D eigenvalue weighted by Crippen LogP contribution is 2.52. The summed E-state index contributed by atoms with van der Waals surface area (Å²) in [7, 11) is 0. The third-order valence-corrected chi connectivity index (χ3v) is 3.94. The van der Waals surface area contributed by atoms with E-state index in [1.807, 2.05) is 0 Å². The largest absolute Gasteiger partial charge is 0.849 e. The first kappa shape index (κ1) is 7.07. The summed E-state index contributed by atoms with van der Waals surface area (Å²) in [5, 5.41) is 12.0. The highest BCUT2D eigenvalue weighted by Gasteiger charge is 2.49. The van der Waals surface area contributed by atoms with E-state index < -0.39 is 5.60 Å². The molecule has 0 heterocycles. The summed E-state index contributed by atoms with van der Waals surface area (Å²) < 4.78 is 0. The van der Waals surface area contributed by atoms with E-state index in [9.17, 15) is 9.90 Å². The molecule has 4 aliphatic rings. The summed E-state index contributed by atoms with van der Waals surface area (Å²) in [4.78, 5) is 11.6. The Morgan fingerprint density at radius 3 is 2.25 bits per heavy atom. The second-order valence-corrected chi connectivity index (χ2v) is 4.93. The predicted octanol–water partition coefficient (Wildman–Crippen LogP) is 0.494. The summed E-state index contributed by atoms with van der Waals surface area (Å²) in [6, 6.07) is 0. The first-order valence-electron chi connectivity index (χ1n) is 4.90. The molecule has 4 fully saturated rings. The highest BCUT2D eigenvalue weighted by atomic mass is 16.3. The molecule has 0 aromatic heterocycles. The second-order valence-electron chi connectivity index (χ2n) is 4.93. The first-order valence-corrected chi connectivity index (χ1v) is 4.90. The van der Waals surface area contributed by atoms with Gasteiger partial charge >= 0.3 is 0 Å². The second kappa shape index (κ2) is 1.92. The van der Waals surface area contributed by atoms with Crippen LogP contribution in [0.5, 0.6) is 0 Å². The Morgan fingerprint density at radius 1 is 1.17 bits per heavy atom. The fraction of sp³-hybridized carbons (Fsp3) is 0.900. The molecule has 4 atom stereocenters. The van der Waals surface area contributed by atoms with Crippen LogP contribution in [0.3, 0.4) is 0 Å². The van der Waals surface area contributed by atoms with Crippen molar-refractivity contribution in [1.82, 2.24) is 0 Å². The number of hydrogen-bond donors (Lipinski definition) is 0. The third-order valence-electron chi connectivity index (χ3n) is 3.94. The van der Waals surface area contributed by atoms with Gasteiger partial charge in [-0.05, 0) is 18.8 Å². The molecule has 12 heavy (non-hydrogen) atoms. The van der Waals surface area contributed by atoms with Crippen molar-refractivity contribution in [3.63, 3.8) is 0 Å². The molecular weight excluding hydrogens is 152 g/mol. The van der Waals surface area contributed by atoms with E-state index in [1.165, 1.54) is 0 Å². The summed E-state index contributed by atoms with van der Waals surface area (Å²) in [6.45, 7) is 0. The quantitative estimate of drug-likeness (QED) is 0.524. The molecule has 2 unspecified atom stereocenters. The van der Waals surface area contributed by atoms with E-state index in [0.717, 1.165) is 19.3 Å². The average molecular weight is 165 g/mol. The lowest BCUT2D eigenvalue weighted by Gasteiger charge is -2.60. The van der Waals surface area contributed by atoms with Gasteiger partial charge in [0.05, 0.1) is 0 Å². The zero-order valence-corrected chi connectivity index (χ0v) is 7.08. The number of Topliss-reactive ketones (excluding diaryl/α,β-unsaturated/α-hetero) is 1. The minimum absolute atomic E-state index is 0.161. The van der Waals surface area contributed by atoms with Crippen molar-refractivity contribution in [3.8, 4) is 0 Å². The molecule has 4 bridgehead atoms. The van der Waals surface area contributed by atoms with Crippen LogP contribution in [0.25, 0.3) is 0 Å². The van der Waals surface area contributed by atoms with Crippen LogP contribution < -0.4 is 5.11 Å². The molecule has 0 spiro atoms. The van der Waals surface area contributed by atoms with Crippen LogP contribution in [0.2, 0.25) is 0 Å². The Morgan fingerprint density at radius 2 is 1.75 bits per heavy atom. The standard InChI is InChI=1S/C10H13O2/c11-9-7-1-6-2-8(9)5-10(12,3-6)4-7/h6-8H,1-5H2/q-1/t6?,7-,8+,10?. The van der Waals surface area contributed by atoms with Crippen LogP contribution >= 0.6 is 0 Å². The fourth-order valence-electron chi connectivity index (χ4n) is 3.68. The Kier molecular flexibility index (Phi) is 1.13. The molecule has 4 aliphatic carbocycles. The normalized spacial score (nSPS) is 56.4. The molecule has 2 heteroatoms. The maximum Gasteiger partial charge on any atom is 0.139 e. The molecule has 0 saturated heterocycles. The van der Waals surface area contributed by atoms with Crippen LogP contribution in [0, 0.1) is 17.8 Å². The molecule has 66 valence electrons. The van der Waals surface area contributed by atoms with Gasteiger partial charge in [-0.2, -0.15) is 0 Å². The molecule has 0 amide bonds. The molecule has 0 aromatic carbocycles. The minimum Gasteiger partial charge on any atom is -0.849 e. The maximum atomic E-state index is 12.0. The van der Waals surface area contributed by atoms with Crippen molar-refractivity contribution in [2.45, 2.75) is 37.7 Å². The van der Waals surface area contributed by atoms with Crippen molar-refractivity contribution < 1.29 is 9.90 Å². The lowest BCUT2D eigenvalue weighted by Crippen LogP contribution is -2.61. The molecule has 4 saturated carbocycles. The third kappa shape index (κ3) is 0.764. The van der Waals surface area contributed by atoms with E-state index in [0.29, 0.717) is 24.5 Å². The zero-order valence-electron chi connectivity index (χ0n) is 7.08. The van der Waals surface area contributed by atoms with E-state index in [-0.39, 0.29) is 11.8 Å². The Labute approximate surface area is 72.0 Å². The van der Waals surface area contributed by atoms with Crippen molar-refractivity contribution in [2.75, 3.05) is 0 Å². The minimum atomic E-state index is -0.690. The Hall–Kier alpha value is -0.370. The van der Waals surface area contributed by atoms with Crippen molar-refractivity contribution in [1.29, 1.82) is 0 Å². The predicted molar refractivity (Wildman–Crippen MR) is 41.3 cm³/mol. The summed E-state index contributed by atoms with van der Waals surface area (Å²) in [5.41, 5.74) is -0.690. The highest BCUT2D eigenvalue weighted by molar-refractivity contribution is 5.85. The van der Waals surface area contributed by atoms with Gasteiger partial charge in [0.15, 0.2) is 0 Å². The van der Waals surface area contributed by atoms with E-state index in [4.69, 9.17) is 0 Å². The van der Waals surface area contributed by atoms with Crippen LogP contribution in [0.1, 0.15) is 32.1 Å². The van der Waals surface area contributed by atoms with Gasteiger partial charge in [0.2, 0.25) is 0 Å². The van der Waals surface area contributed by atoms with Gasteiger partial charge in [-0.1, -0.05) is 19.3 Å². The van der Waals surface area contributed by atoms with Gasteiger partial charge in [0.25, 0.3) is 0 Å².